The van der Waals surface area contributed by atoms with E-state index in [1.165, 1.54) is 63.9 Å². The van der Waals surface area contributed by atoms with Crippen LogP contribution < -0.4 is 9.47 Å². The van der Waals surface area contributed by atoms with E-state index >= 15 is 0 Å². The number of esters is 1. The molecule has 0 radical (unpaired) electrons. The van der Waals surface area contributed by atoms with Gasteiger partial charge in [-0.3, -0.25) is 0 Å². The minimum atomic E-state index is -1.06. The van der Waals surface area contributed by atoms with Gasteiger partial charge in [0.1, 0.15) is 11.5 Å². The second-order valence-corrected chi connectivity index (χ2v) is 8.78. The molecule has 0 saturated heterocycles. The van der Waals surface area contributed by atoms with Gasteiger partial charge in [0.25, 0.3) is 0 Å². The molecule has 1 fully saturated rings. The van der Waals surface area contributed by atoms with Crippen molar-refractivity contribution in [1.82, 2.24) is 0 Å². The van der Waals surface area contributed by atoms with E-state index in [0.717, 1.165) is 30.4 Å². The van der Waals surface area contributed by atoms with Gasteiger partial charge in [0.05, 0.1) is 12.2 Å². The van der Waals surface area contributed by atoms with Gasteiger partial charge < -0.3 is 9.47 Å². The Bertz CT molecular complexity index is 850. The molecule has 174 valence electrons. The summed E-state index contributed by atoms with van der Waals surface area (Å²) in [5, 5.41) is 0. The van der Waals surface area contributed by atoms with Crippen LogP contribution in [-0.4, -0.2) is 12.6 Å². The topological polar surface area (TPSA) is 35.5 Å². The molecule has 5 heteroatoms. The third kappa shape index (κ3) is 7.32. The SMILES string of the molecule is CCCCCC1CCCCC1CCCOc1ccc(C(=O)Oc2ccc(F)c(F)c2)cc1. The number of benzene rings is 2. The lowest BCUT2D eigenvalue weighted by atomic mass is 9.74. The van der Waals surface area contributed by atoms with Crippen LogP contribution in [-0.2, 0) is 0 Å². The zero-order chi connectivity index (χ0) is 22.8. The van der Waals surface area contributed by atoms with Gasteiger partial charge >= 0.3 is 5.97 Å². The maximum absolute atomic E-state index is 13.3. The minimum Gasteiger partial charge on any atom is -0.494 e. The molecule has 0 N–H and O–H groups in total. The maximum Gasteiger partial charge on any atom is 0.343 e. The zero-order valence-corrected chi connectivity index (χ0v) is 19.0. The molecular formula is C27H34F2O3. The van der Waals surface area contributed by atoms with Crippen LogP contribution in [0.25, 0.3) is 0 Å². The van der Waals surface area contributed by atoms with Crippen molar-refractivity contribution in [2.75, 3.05) is 6.61 Å². The predicted octanol–water partition coefficient (Wildman–Crippen LogP) is 7.73. The molecule has 32 heavy (non-hydrogen) atoms. The summed E-state index contributed by atoms with van der Waals surface area (Å²) in [5.41, 5.74) is 0.319. The average molecular weight is 445 g/mol. The molecule has 1 aliphatic carbocycles. The molecule has 1 saturated carbocycles. The number of rotatable bonds is 11. The van der Waals surface area contributed by atoms with Crippen molar-refractivity contribution in [3.8, 4) is 11.5 Å². The fourth-order valence-corrected chi connectivity index (χ4v) is 4.63. The summed E-state index contributed by atoms with van der Waals surface area (Å²) in [4.78, 5) is 12.2. The Morgan fingerprint density at radius 3 is 2.19 bits per heavy atom. The van der Waals surface area contributed by atoms with Crippen molar-refractivity contribution in [3.63, 3.8) is 0 Å². The average Bonchev–Trinajstić information content (AvgIpc) is 2.80. The van der Waals surface area contributed by atoms with E-state index in [4.69, 9.17) is 9.47 Å². The van der Waals surface area contributed by atoms with Crippen molar-refractivity contribution in [1.29, 1.82) is 0 Å². The van der Waals surface area contributed by atoms with Crippen molar-refractivity contribution in [2.45, 2.75) is 71.1 Å². The third-order valence-electron chi connectivity index (χ3n) is 6.42. The molecule has 2 aromatic rings. The van der Waals surface area contributed by atoms with Gasteiger partial charge in [-0.1, -0.05) is 58.3 Å². The number of carbonyl (C=O) groups excluding carboxylic acids is 1. The lowest BCUT2D eigenvalue weighted by Crippen LogP contribution is -2.20. The van der Waals surface area contributed by atoms with Crippen LogP contribution in [0.5, 0.6) is 11.5 Å². The van der Waals surface area contributed by atoms with E-state index < -0.39 is 17.6 Å². The maximum atomic E-state index is 13.3. The van der Waals surface area contributed by atoms with Crippen molar-refractivity contribution >= 4 is 5.97 Å². The first-order valence-electron chi connectivity index (χ1n) is 12.0. The summed E-state index contributed by atoms with van der Waals surface area (Å²) in [6.07, 6.45) is 13.1. The molecule has 0 amide bonds. The lowest BCUT2D eigenvalue weighted by Gasteiger charge is -2.31. The summed E-state index contributed by atoms with van der Waals surface area (Å²) in [6.45, 7) is 2.93. The van der Waals surface area contributed by atoms with Gasteiger partial charge in [0.2, 0.25) is 0 Å². The van der Waals surface area contributed by atoms with E-state index in [1.54, 1.807) is 24.3 Å². The normalized spacial score (nSPS) is 18.3. The molecule has 0 heterocycles. The van der Waals surface area contributed by atoms with Crippen LogP contribution >= 0.6 is 0 Å². The highest BCUT2D eigenvalue weighted by Gasteiger charge is 2.24. The van der Waals surface area contributed by atoms with Crippen LogP contribution in [0.15, 0.2) is 42.5 Å². The van der Waals surface area contributed by atoms with E-state index in [9.17, 15) is 13.6 Å². The predicted molar refractivity (Wildman–Crippen MR) is 122 cm³/mol. The smallest absolute Gasteiger partial charge is 0.343 e. The zero-order valence-electron chi connectivity index (χ0n) is 19.0. The van der Waals surface area contributed by atoms with Crippen molar-refractivity contribution in [3.05, 3.63) is 59.7 Å². The van der Waals surface area contributed by atoms with Crippen LogP contribution in [0, 0.1) is 23.5 Å². The van der Waals surface area contributed by atoms with Crippen LogP contribution in [0.3, 0.4) is 0 Å². The van der Waals surface area contributed by atoms with Gasteiger partial charge in [-0.25, -0.2) is 13.6 Å². The molecule has 1 aliphatic rings. The largest absolute Gasteiger partial charge is 0.494 e. The van der Waals surface area contributed by atoms with E-state index in [-0.39, 0.29) is 5.75 Å². The highest BCUT2D eigenvalue weighted by molar-refractivity contribution is 5.91. The second kappa shape index (κ2) is 12.6. The molecule has 2 unspecified atom stereocenters. The Morgan fingerprint density at radius 2 is 1.53 bits per heavy atom. The molecular weight excluding hydrogens is 410 g/mol. The number of hydrogen-bond donors (Lipinski definition) is 0. The monoisotopic (exact) mass is 444 g/mol. The number of unbranched alkanes of at least 4 members (excludes halogenated alkanes) is 2. The van der Waals surface area contributed by atoms with E-state index in [1.807, 2.05) is 0 Å². The van der Waals surface area contributed by atoms with Crippen LogP contribution in [0.4, 0.5) is 8.78 Å². The van der Waals surface area contributed by atoms with E-state index in [0.29, 0.717) is 17.9 Å². The van der Waals surface area contributed by atoms with Gasteiger partial charge in [0, 0.05) is 6.07 Å². The summed E-state index contributed by atoms with van der Waals surface area (Å²) in [5.74, 6) is -0.286. The van der Waals surface area contributed by atoms with Crippen LogP contribution in [0.1, 0.15) is 81.5 Å². The number of ether oxygens (including phenoxy) is 2. The molecule has 0 spiro atoms. The first-order valence-corrected chi connectivity index (χ1v) is 12.0. The summed E-state index contributed by atoms with van der Waals surface area (Å²) in [6, 6.07) is 9.69. The first kappa shape index (κ1) is 24.2. The molecule has 0 aromatic heterocycles. The summed E-state index contributed by atoms with van der Waals surface area (Å²) < 4.78 is 37.2. The van der Waals surface area contributed by atoms with E-state index in [2.05, 4.69) is 6.92 Å². The summed E-state index contributed by atoms with van der Waals surface area (Å²) >= 11 is 0. The summed E-state index contributed by atoms with van der Waals surface area (Å²) in [7, 11) is 0. The van der Waals surface area contributed by atoms with Gasteiger partial charge in [-0.15, -0.1) is 0 Å². The van der Waals surface area contributed by atoms with Crippen LogP contribution in [0.2, 0.25) is 0 Å². The molecule has 0 bridgehead atoms. The quantitative estimate of drug-likeness (QED) is 0.202. The van der Waals surface area contributed by atoms with Crippen molar-refractivity contribution < 1.29 is 23.0 Å². The number of halogens is 2. The van der Waals surface area contributed by atoms with Gasteiger partial charge in [0.15, 0.2) is 11.6 Å². The Morgan fingerprint density at radius 1 is 0.875 bits per heavy atom. The highest BCUT2D eigenvalue weighted by atomic mass is 19.2. The molecule has 0 aliphatic heterocycles. The van der Waals surface area contributed by atoms with Crippen molar-refractivity contribution in [2.24, 2.45) is 11.8 Å². The number of hydrogen-bond acceptors (Lipinski definition) is 3. The Balaban J connectivity index is 1.41. The Kier molecular flexibility index (Phi) is 9.51. The minimum absolute atomic E-state index is 0.0371. The molecule has 3 nitrogen and oxygen atoms in total. The Hall–Kier alpha value is -2.43. The van der Waals surface area contributed by atoms with Gasteiger partial charge in [-0.2, -0.15) is 0 Å². The first-order chi connectivity index (χ1) is 15.6. The standard InChI is InChI=1S/C27H34F2O3/c1-2-3-4-8-20-9-5-6-10-21(20)11-7-18-31-23-14-12-22(13-15-23)27(30)32-24-16-17-25(28)26(29)19-24/h12-17,19-21H,2-11,18H2,1H3. The second-order valence-electron chi connectivity index (χ2n) is 8.78. The third-order valence-corrected chi connectivity index (χ3v) is 6.42. The fourth-order valence-electron chi connectivity index (χ4n) is 4.63. The molecule has 3 rings (SSSR count). The Labute approximate surface area is 190 Å². The van der Waals surface area contributed by atoms with Gasteiger partial charge in [-0.05, 0) is 61.1 Å². The highest BCUT2D eigenvalue weighted by Crippen LogP contribution is 2.36. The number of carbonyl (C=O) groups is 1. The lowest BCUT2D eigenvalue weighted by molar-refractivity contribution is 0.0734. The fraction of sp³-hybridized carbons (Fsp3) is 0.519. The molecule has 2 aromatic carbocycles. The molecule has 2 atom stereocenters.